The molecule has 1 aliphatic rings. The molecule has 0 aromatic heterocycles. The lowest BCUT2D eigenvalue weighted by atomic mass is 9.74. The number of nitrogens with two attached hydrogens (primary N) is 1. The van der Waals surface area contributed by atoms with Crippen LogP contribution >= 0.6 is 0 Å². The molecule has 1 saturated heterocycles. The highest BCUT2D eigenvalue weighted by molar-refractivity contribution is 5.34. The van der Waals surface area contributed by atoms with Crippen molar-refractivity contribution in [2.24, 2.45) is 11.1 Å². The van der Waals surface area contributed by atoms with E-state index >= 15 is 0 Å². The summed E-state index contributed by atoms with van der Waals surface area (Å²) in [5.41, 5.74) is 9.97. The third-order valence-corrected chi connectivity index (χ3v) is 3.82. The van der Waals surface area contributed by atoms with E-state index in [2.05, 4.69) is 37.4 Å². The van der Waals surface area contributed by atoms with E-state index in [1.54, 1.807) is 0 Å². The molecule has 0 aliphatic carbocycles. The molecule has 3 nitrogen and oxygen atoms in total. The molecule has 1 heterocycles. The Morgan fingerprint density at radius 2 is 2.12 bits per heavy atom. The van der Waals surface area contributed by atoms with Crippen molar-refractivity contribution in [1.29, 1.82) is 0 Å². The molecule has 1 atom stereocenters. The number of nitrogens with one attached hydrogen (secondary N) is 1. The Balaban J connectivity index is 2.35. The first-order valence-electron chi connectivity index (χ1n) is 6.15. The van der Waals surface area contributed by atoms with Crippen LogP contribution in [0.3, 0.4) is 0 Å². The minimum Gasteiger partial charge on any atom is -0.380 e. The molecule has 1 fully saturated rings. The molecule has 0 bridgehead atoms. The van der Waals surface area contributed by atoms with Crippen LogP contribution in [0.1, 0.15) is 22.7 Å². The van der Waals surface area contributed by atoms with Gasteiger partial charge >= 0.3 is 0 Å². The lowest BCUT2D eigenvalue weighted by Crippen LogP contribution is -2.55. The van der Waals surface area contributed by atoms with Gasteiger partial charge < -0.3 is 15.8 Å². The third kappa shape index (κ3) is 2.10. The van der Waals surface area contributed by atoms with Gasteiger partial charge in [-0.05, 0) is 32.0 Å². The van der Waals surface area contributed by atoms with Gasteiger partial charge in [0.05, 0.1) is 13.2 Å². The molecule has 1 aromatic carbocycles. The van der Waals surface area contributed by atoms with E-state index in [1.165, 1.54) is 16.7 Å². The number of rotatable bonds is 4. The second-order valence-electron chi connectivity index (χ2n) is 5.14. The molecule has 2 rings (SSSR count). The highest BCUT2D eigenvalue weighted by Crippen LogP contribution is 2.40. The Morgan fingerprint density at radius 3 is 2.53 bits per heavy atom. The summed E-state index contributed by atoms with van der Waals surface area (Å²) >= 11 is 0. The fraction of sp³-hybridized carbons (Fsp3) is 0.571. The summed E-state index contributed by atoms with van der Waals surface area (Å²) in [6, 6.07) is 6.88. The van der Waals surface area contributed by atoms with Crippen LogP contribution in [0, 0.1) is 19.3 Å². The van der Waals surface area contributed by atoms with Crippen molar-refractivity contribution < 1.29 is 4.74 Å². The minimum absolute atomic E-state index is 0.0643. The molecule has 3 N–H and O–H groups in total. The van der Waals surface area contributed by atoms with Crippen LogP contribution in [-0.4, -0.2) is 26.8 Å². The molecule has 1 aliphatic heterocycles. The highest BCUT2D eigenvalue weighted by atomic mass is 16.5. The summed E-state index contributed by atoms with van der Waals surface area (Å²) in [6.45, 7) is 6.45. The first kappa shape index (κ1) is 12.6. The zero-order valence-corrected chi connectivity index (χ0v) is 10.9. The molecule has 1 aromatic rings. The molecule has 0 radical (unpaired) electrons. The van der Waals surface area contributed by atoms with Crippen LogP contribution in [0.2, 0.25) is 0 Å². The van der Waals surface area contributed by atoms with E-state index in [1.807, 2.05) is 7.05 Å². The van der Waals surface area contributed by atoms with E-state index in [0.717, 1.165) is 13.2 Å². The van der Waals surface area contributed by atoms with Gasteiger partial charge in [-0.1, -0.05) is 23.8 Å². The Labute approximate surface area is 103 Å². The van der Waals surface area contributed by atoms with E-state index < -0.39 is 0 Å². The Hall–Kier alpha value is -0.900. The molecule has 3 heteroatoms. The molecule has 94 valence electrons. The average Bonchev–Trinajstić information content (AvgIpc) is 2.24. The lowest BCUT2D eigenvalue weighted by molar-refractivity contribution is -0.126. The quantitative estimate of drug-likeness (QED) is 0.830. The molecule has 0 saturated carbocycles. The molecule has 0 spiro atoms. The van der Waals surface area contributed by atoms with Crippen molar-refractivity contribution in [3.8, 4) is 0 Å². The molecule has 1 unspecified atom stereocenters. The molecule has 17 heavy (non-hydrogen) atoms. The smallest absolute Gasteiger partial charge is 0.0575 e. The average molecular weight is 234 g/mol. The topological polar surface area (TPSA) is 47.3 Å². The summed E-state index contributed by atoms with van der Waals surface area (Å²) in [5, 5.41) is 3.41. The van der Waals surface area contributed by atoms with Crippen molar-refractivity contribution in [3.63, 3.8) is 0 Å². The second-order valence-corrected chi connectivity index (χ2v) is 5.14. The Morgan fingerprint density at radius 1 is 1.41 bits per heavy atom. The SMILES string of the molecule is CNC(c1ccc(C)cc1C)C1(CN)COC1. The summed E-state index contributed by atoms with van der Waals surface area (Å²) in [7, 11) is 2.00. The van der Waals surface area contributed by atoms with Gasteiger partial charge in [-0.15, -0.1) is 0 Å². The maximum Gasteiger partial charge on any atom is 0.0575 e. The zero-order chi connectivity index (χ0) is 12.5. The number of benzene rings is 1. The van der Waals surface area contributed by atoms with E-state index in [0.29, 0.717) is 6.54 Å². The van der Waals surface area contributed by atoms with Crippen LogP contribution in [0.25, 0.3) is 0 Å². The second kappa shape index (κ2) is 4.77. The van der Waals surface area contributed by atoms with Crippen LogP contribution < -0.4 is 11.1 Å². The minimum atomic E-state index is 0.0643. The van der Waals surface area contributed by atoms with Crippen LogP contribution in [0.5, 0.6) is 0 Å². The maximum absolute atomic E-state index is 5.94. The molecule has 0 amide bonds. The normalized spacial score (nSPS) is 19.8. The third-order valence-electron chi connectivity index (χ3n) is 3.82. The van der Waals surface area contributed by atoms with Crippen molar-refractivity contribution >= 4 is 0 Å². The first-order valence-corrected chi connectivity index (χ1v) is 6.15. The fourth-order valence-electron chi connectivity index (χ4n) is 2.71. The lowest BCUT2D eigenvalue weighted by Gasteiger charge is -2.47. The van der Waals surface area contributed by atoms with Crippen molar-refractivity contribution in [1.82, 2.24) is 5.32 Å². The van der Waals surface area contributed by atoms with Crippen molar-refractivity contribution in [2.45, 2.75) is 19.9 Å². The van der Waals surface area contributed by atoms with Crippen LogP contribution in [-0.2, 0) is 4.74 Å². The van der Waals surface area contributed by atoms with Crippen LogP contribution in [0.4, 0.5) is 0 Å². The van der Waals surface area contributed by atoms with Crippen molar-refractivity contribution in [2.75, 3.05) is 26.8 Å². The number of hydrogen-bond donors (Lipinski definition) is 2. The van der Waals surface area contributed by atoms with E-state index in [9.17, 15) is 0 Å². The summed E-state index contributed by atoms with van der Waals surface area (Å²) in [6.07, 6.45) is 0. The standard InChI is InChI=1S/C14H22N2O/c1-10-4-5-12(11(2)6-10)13(16-3)14(7-15)8-17-9-14/h4-6,13,16H,7-9,15H2,1-3H3. The van der Waals surface area contributed by atoms with E-state index in [4.69, 9.17) is 10.5 Å². The van der Waals surface area contributed by atoms with Gasteiger partial charge in [-0.25, -0.2) is 0 Å². The Bertz CT molecular complexity index is 394. The van der Waals surface area contributed by atoms with Gasteiger partial charge in [0.2, 0.25) is 0 Å². The maximum atomic E-state index is 5.94. The van der Waals surface area contributed by atoms with Gasteiger partial charge in [-0.3, -0.25) is 0 Å². The van der Waals surface area contributed by atoms with Gasteiger partial charge in [0, 0.05) is 18.0 Å². The summed E-state index contributed by atoms with van der Waals surface area (Å²) in [5.74, 6) is 0. The number of ether oxygens (including phenoxy) is 1. The predicted octanol–water partition coefficient (Wildman–Crippen LogP) is 1.54. The Kier molecular flexibility index (Phi) is 3.52. The summed E-state index contributed by atoms with van der Waals surface area (Å²) < 4.78 is 5.38. The number of aryl methyl sites for hydroxylation is 2. The predicted molar refractivity (Wildman–Crippen MR) is 70.0 cm³/mol. The van der Waals surface area contributed by atoms with Gasteiger partial charge in [0.15, 0.2) is 0 Å². The molecular formula is C14H22N2O. The largest absolute Gasteiger partial charge is 0.380 e. The van der Waals surface area contributed by atoms with Gasteiger partial charge in [0.1, 0.15) is 0 Å². The fourth-order valence-corrected chi connectivity index (χ4v) is 2.71. The van der Waals surface area contributed by atoms with Gasteiger partial charge in [-0.2, -0.15) is 0 Å². The zero-order valence-electron chi connectivity index (χ0n) is 10.9. The highest BCUT2D eigenvalue weighted by Gasteiger charge is 2.45. The molecular weight excluding hydrogens is 212 g/mol. The van der Waals surface area contributed by atoms with Crippen molar-refractivity contribution in [3.05, 3.63) is 34.9 Å². The monoisotopic (exact) mass is 234 g/mol. The van der Waals surface area contributed by atoms with Gasteiger partial charge in [0.25, 0.3) is 0 Å². The van der Waals surface area contributed by atoms with E-state index in [-0.39, 0.29) is 11.5 Å². The first-order chi connectivity index (χ1) is 8.13. The number of hydrogen-bond acceptors (Lipinski definition) is 3. The van der Waals surface area contributed by atoms with Crippen LogP contribution in [0.15, 0.2) is 18.2 Å². The summed E-state index contributed by atoms with van der Waals surface area (Å²) in [4.78, 5) is 0.